The highest BCUT2D eigenvalue weighted by atomic mass is 32.1. The van der Waals surface area contributed by atoms with Crippen molar-refractivity contribution in [3.05, 3.63) is 22.6 Å². The van der Waals surface area contributed by atoms with Crippen LogP contribution >= 0.6 is 12.6 Å². The Kier molecular flexibility index (Phi) is 2.97. The van der Waals surface area contributed by atoms with Crippen LogP contribution in [0.15, 0.2) is 17.1 Å². The smallest absolute Gasteiger partial charge is 0.268 e. The molecule has 1 saturated carbocycles. The lowest BCUT2D eigenvalue weighted by Gasteiger charge is -2.15. The first-order valence-corrected chi connectivity index (χ1v) is 6.05. The van der Waals surface area contributed by atoms with Gasteiger partial charge in [0.1, 0.15) is 0 Å². The maximum absolute atomic E-state index is 11.8. The number of hydrogen-bond acceptors (Lipinski definition) is 4. The van der Waals surface area contributed by atoms with Gasteiger partial charge >= 0.3 is 0 Å². The molecule has 0 atom stereocenters. The number of thiol groups is 1. The molecular weight excluding hydrogens is 222 g/mol. The van der Waals surface area contributed by atoms with E-state index in [0.29, 0.717) is 6.54 Å². The Morgan fingerprint density at radius 2 is 2.25 bits per heavy atom. The van der Waals surface area contributed by atoms with Crippen LogP contribution in [0.5, 0.6) is 0 Å². The Morgan fingerprint density at radius 3 is 2.69 bits per heavy atom. The molecule has 1 aliphatic carbocycles. The van der Waals surface area contributed by atoms with Crippen LogP contribution in [0, 0.1) is 5.41 Å². The Hall–Kier alpha value is -0.970. The van der Waals surface area contributed by atoms with E-state index in [4.69, 9.17) is 0 Å². The van der Waals surface area contributed by atoms with Gasteiger partial charge in [0.25, 0.3) is 5.56 Å². The molecule has 1 fully saturated rings. The highest BCUT2D eigenvalue weighted by Gasteiger charge is 2.42. The summed E-state index contributed by atoms with van der Waals surface area (Å²) in [6, 6.07) is 1.63. The highest BCUT2D eigenvalue weighted by molar-refractivity contribution is 7.80. The van der Waals surface area contributed by atoms with Gasteiger partial charge in [-0.25, -0.2) is 4.68 Å². The fraction of sp³-hybridized carbons (Fsp3) is 0.636. The lowest BCUT2D eigenvalue weighted by Crippen LogP contribution is -2.28. The molecule has 0 saturated heterocycles. The average molecular weight is 239 g/mol. The van der Waals surface area contributed by atoms with Gasteiger partial charge in [0.15, 0.2) is 0 Å². The number of hydrogen-bond donors (Lipinski definition) is 1. The molecule has 1 aliphatic rings. The van der Waals surface area contributed by atoms with Gasteiger partial charge in [0.05, 0.1) is 18.4 Å². The molecule has 0 N–H and O–H groups in total. The Balaban J connectivity index is 2.20. The van der Waals surface area contributed by atoms with Crippen LogP contribution in [0.3, 0.4) is 0 Å². The number of anilines is 1. The molecule has 16 heavy (non-hydrogen) atoms. The summed E-state index contributed by atoms with van der Waals surface area (Å²) in [7, 11) is 3.80. The molecule has 0 amide bonds. The average Bonchev–Trinajstić information content (AvgIpc) is 3.01. The molecule has 5 heteroatoms. The topological polar surface area (TPSA) is 38.1 Å². The summed E-state index contributed by atoms with van der Waals surface area (Å²) in [5.74, 6) is 0.830. The summed E-state index contributed by atoms with van der Waals surface area (Å²) in [4.78, 5) is 13.7. The van der Waals surface area contributed by atoms with E-state index < -0.39 is 0 Å². The van der Waals surface area contributed by atoms with Crippen molar-refractivity contribution in [2.24, 2.45) is 5.41 Å². The molecule has 1 heterocycles. The second kappa shape index (κ2) is 4.13. The predicted molar refractivity (Wildman–Crippen MR) is 68.3 cm³/mol. The minimum absolute atomic E-state index is 0.0285. The lowest BCUT2D eigenvalue weighted by molar-refractivity contribution is 0.424. The predicted octanol–water partition coefficient (Wildman–Crippen LogP) is 1.02. The van der Waals surface area contributed by atoms with Gasteiger partial charge in [-0.3, -0.25) is 4.79 Å². The zero-order valence-corrected chi connectivity index (χ0v) is 10.6. The monoisotopic (exact) mass is 239 g/mol. The number of nitrogens with zero attached hydrogens (tertiary/aromatic N) is 3. The third-order valence-electron chi connectivity index (χ3n) is 3.15. The molecule has 2 rings (SSSR count). The molecule has 4 nitrogen and oxygen atoms in total. The van der Waals surface area contributed by atoms with E-state index in [1.54, 1.807) is 16.9 Å². The van der Waals surface area contributed by atoms with E-state index in [1.807, 2.05) is 19.0 Å². The normalized spacial score (nSPS) is 17.2. The van der Waals surface area contributed by atoms with Crippen molar-refractivity contribution in [2.75, 3.05) is 24.7 Å². The van der Waals surface area contributed by atoms with E-state index in [0.717, 1.165) is 24.3 Å². The zero-order valence-electron chi connectivity index (χ0n) is 9.68. The van der Waals surface area contributed by atoms with Gasteiger partial charge in [-0.2, -0.15) is 17.7 Å². The van der Waals surface area contributed by atoms with E-state index in [1.165, 1.54) is 0 Å². The first-order valence-electron chi connectivity index (χ1n) is 5.42. The summed E-state index contributed by atoms with van der Waals surface area (Å²) >= 11 is 4.33. The quantitative estimate of drug-likeness (QED) is 0.797. The van der Waals surface area contributed by atoms with Crippen molar-refractivity contribution >= 4 is 18.3 Å². The van der Waals surface area contributed by atoms with Crippen LogP contribution < -0.4 is 10.5 Å². The summed E-state index contributed by atoms with van der Waals surface area (Å²) in [6.45, 7) is 0.697. The number of aromatic nitrogens is 2. The maximum Gasteiger partial charge on any atom is 0.268 e. The van der Waals surface area contributed by atoms with Crippen molar-refractivity contribution in [1.29, 1.82) is 0 Å². The molecule has 0 radical (unpaired) electrons. The summed E-state index contributed by atoms with van der Waals surface area (Å²) in [6.07, 6.45) is 4.04. The van der Waals surface area contributed by atoms with Gasteiger partial charge in [-0.05, 0) is 24.0 Å². The molecule has 0 aromatic carbocycles. The van der Waals surface area contributed by atoms with E-state index >= 15 is 0 Å². The molecule has 0 bridgehead atoms. The SMILES string of the molecule is CN(C)c1cnn(CC2(CS)CC2)c(=O)c1. The Morgan fingerprint density at radius 1 is 1.56 bits per heavy atom. The second-order valence-electron chi connectivity index (χ2n) is 4.76. The fourth-order valence-electron chi connectivity index (χ4n) is 1.65. The Labute approximate surface area is 101 Å². The third-order valence-corrected chi connectivity index (χ3v) is 3.82. The van der Waals surface area contributed by atoms with Crippen LogP contribution in [0.25, 0.3) is 0 Å². The van der Waals surface area contributed by atoms with Gasteiger partial charge < -0.3 is 4.90 Å². The van der Waals surface area contributed by atoms with Gasteiger partial charge in [0.2, 0.25) is 0 Å². The van der Waals surface area contributed by atoms with Crippen LogP contribution in [0.2, 0.25) is 0 Å². The van der Waals surface area contributed by atoms with Gasteiger partial charge in [-0.1, -0.05) is 0 Å². The largest absolute Gasteiger partial charge is 0.376 e. The summed E-state index contributed by atoms with van der Waals surface area (Å²) in [5, 5.41) is 4.20. The molecule has 1 aromatic heterocycles. The van der Waals surface area contributed by atoms with Gasteiger partial charge in [0, 0.05) is 20.2 Å². The second-order valence-corrected chi connectivity index (χ2v) is 5.08. The summed E-state index contributed by atoms with van der Waals surface area (Å²) < 4.78 is 1.55. The standard InChI is InChI=1S/C11H17N3OS/c1-13(2)9-5-10(15)14(12-6-9)7-11(8-16)3-4-11/h5-6,16H,3-4,7-8H2,1-2H3. The molecule has 0 spiro atoms. The van der Waals surface area contributed by atoms with Crippen molar-refractivity contribution in [3.8, 4) is 0 Å². The third kappa shape index (κ3) is 2.24. The van der Waals surface area contributed by atoms with Gasteiger partial charge in [-0.15, -0.1) is 0 Å². The fourth-order valence-corrected chi connectivity index (χ4v) is 2.06. The van der Waals surface area contributed by atoms with Crippen LogP contribution in [0.1, 0.15) is 12.8 Å². The number of rotatable bonds is 4. The minimum atomic E-state index is -0.0285. The van der Waals surface area contributed by atoms with Crippen LogP contribution in [0.4, 0.5) is 5.69 Å². The van der Waals surface area contributed by atoms with E-state index in [2.05, 4.69) is 17.7 Å². The van der Waals surface area contributed by atoms with Crippen LogP contribution in [-0.4, -0.2) is 29.6 Å². The van der Waals surface area contributed by atoms with Crippen molar-refractivity contribution in [3.63, 3.8) is 0 Å². The van der Waals surface area contributed by atoms with Crippen molar-refractivity contribution in [2.45, 2.75) is 19.4 Å². The first kappa shape index (κ1) is 11.5. The van der Waals surface area contributed by atoms with Crippen LogP contribution in [-0.2, 0) is 6.54 Å². The summed E-state index contributed by atoms with van der Waals surface area (Å²) in [5.41, 5.74) is 1.04. The molecular formula is C11H17N3OS. The van der Waals surface area contributed by atoms with E-state index in [9.17, 15) is 4.79 Å². The molecule has 88 valence electrons. The van der Waals surface area contributed by atoms with Crippen molar-refractivity contribution in [1.82, 2.24) is 9.78 Å². The Bertz CT molecular complexity index is 437. The first-order chi connectivity index (χ1) is 7.56. The minimum Gasteiger partial charge on any atom is -0.376 e. The molecule has 1 aromatic rings. The zero-order chi connectivity index (χ0) is 11.8. The molecule has 0 aliphatic heterocycles. The maximum atomic E-state index is 11.8. The highest BCUT2D eigenvalue weighted by Crippen LogP contribution is 2.47. The molecule has 0 unspecified atom stereocenters. The van der Waals surface area contributed by atoms with E-state index in [-0.39, 0.29) is 11.0 Å². The lowest BCUT2D eigenvalue weighted by atomic mass is 10.1. The van der Waals surface area contributed by atoms with Crippen molar-refractivity contribution < 1.29 is 0 Å².